The summed E-state index contributed by atoms with van der Waals surface area (Å²) in [7, 11) is 0. The van der Waals surface area contributed by atoms with Gasteiger partial charge in [-0.05, 0) is 26.0 Å². The van der Waals surface area contributed by atoms with Crippen LogP contribution in [-0.4, -0.2) is 58.3 Å². The molecule has 0 amide bonds. The predicted molar refractivity (Wildman–Crippen MR) is 89.4 cm³/mol. The molecule has 1 aliphatic rings. The summed E-state index contributed by atoms with van der Waals surface area (Å²) in [6.45, 7) is 6.63. The molecule has 1 aliphatic heterocycles. The molecule has 0 saturated carbocycles. The topological polar surface area (TPSA) is 52.5 Å². The molecule has 3 rings (SSSR count). The van der Waals surface area contributed by atoms with E-state index < -0.39 is 12.2 Å². The Morgan fingerprint density at radius 3 is 2.67 bits per heavy atom. The fourth-order valence-corrected chi connectivity index (χ4v) is 3.28. The SMILES string of the molecule is CC(O)CN1CCN(c2nc(C(F)F)nc3ccccc23)C(C)C1. The highest BCUT2D eigenvalue weighted by atomic mass is 19.3. The standard InChI is InChI=1S/C17H22F2N4O/c1-11-9-22(10-12(2)24)7-8-23(11)17-13-5-3-4-6-14(13)20-16(21-17)15(18)19/h3-6,11-12,15,24H,7-10H2,1-2H3. The third kappa shape index (κ3) is 3.47. The van der Waals surface area contributed by atoms with Gasteiger partial charge < -0.3 is 10.0 Å². The van der Waals surface area contributed by atoms with Crippen LogP contribution in [0.1, 0.15) is 26.1 Å². The highest BCUT2D eigenvalue weighted by molar-refractivity contribution is 5.89. The Balaban J connectivity index is 1.94. The van der Waals surface area contributed by atoms with Crippen LogP contribution >= 0.6 is 0 Å². The van der Waals surface area contributed by atoms with Crippen LogP contribution in [0.2, 0.25) is 0 Å². The number of para-hydroxylation sites is 1. The van der Waals surface area contributed by atoms with Gasteiger partial charge in [0.1, 0.15) is 5.82 Å². The van der Waals surface area contributed by atoms with Crippen LogP contribution in [-0.2, 0) is 0 Å². The lowest BCUT2D eigenvalue weighted by Crippen LogP contribution is -2.53. The molecule has 2 aromatic rings. The molecule has 1 N–H and O–H groups in total. The van der Waals surface area contributed by atoms with Gasteiger partial charge in [0.25, 0.3) is 6.43 Å². The number of β-amino-alcohol motifs (C(OH)–C–C–N with tert-alkyl or cyclic N) is 1. The second-order valence-electron chi connectivity index (χ2n) is 6.37. The number of hydrogen-bond acceptors (Lipinski definition) is 5. The van der Waals surface area contributed by atoms with Gasteiger partial charge >= 0.3 is 0 Å². The van der Waals surface area contributed by atoms with Gasteiger partial charge in [0.2, 0.25) is 0 Å². The number of alkyl halides is 2. The van der Waals surface area contributed by atoms with Crippen LogP contribution in [0.15, 0.2) is 24.3 Å². The normalized spacial score (nSPS) is 20.8. The summed E-state index contributed by atoms with van der Waals surface area (Å²) in [5, 5.41) is 10.3. The monoisotopic (exact) mass is 336 g/mol. The van der Waals surface area contributed by atoms with Crippen LogP contribution < -0.4 is 4.90 Å². The van der Waals surface area contributed by atoms with Gasteiger partial charge in [-0.1, -0.05) is 12.1 Å². The van der Waals surface area contributed by atoms with Crippen molar-refractivity contribution >= 4 is 16.7 Å². The Morgan fingerprint density at radius 2 is 2.00 bits per heavy atom. The number of aliphatic hydroxyl groups is 1. The van der Waals surface area contributed by atoms with E-state index in [9.17, 15) is 13.9 Å². The minimum Gasteiger partial charge on any atom is -0.392 e. The summed E-state index contributed by atoms with van der Waals surface area (Å²) in [5.41, 5.74) is 0.538. The molecule has 1 aromatic heterocycles. The fraction of sp³-hybridized carbons (Fsp3) is 0.529. The van der Waals surface area contributed by atoms with E-state index in [1.165, 1.54) is 0 Å². The first-order valence-electron chi connectivity index (χ1n) is 8.17. The van der Waals surface area contributed by atoms with E-state index >= 15 is 0 Å². The first kappa shape index (κ1) is 17.0. The van der Waals surface area contributed by atoms with E-state index in [0.717, 1.165) is 18.5 Å². The number of hydrogen-bond donors (Lipinski definition) is 1. The molecule has 2 heterocycles. The van der Waals surface area contributed by atoms with Crippen molar-refractivity contribution < 1.29 is 13.9 Å². The number of rotatable bonds is 4. The third-order valence-electron chi connectivity index (χ3n) is 4.30. The van der Waals surface area contributed by atoms with Gasteiger partial charge in [0.15, 0.2) is 5.82 Å². The van der Waals surface area contributed by atoms with Gasteiger partial charge in [0, 0.05) is 37.6 Å². The summed E-state index contributed by atoms with van der Waals surface area (Å²) in [6, 6.07) is 7.38. The molecule has 0 bridgehead atoms. The fourth-order valence-electron chi connectivity index (χ4n) is 3.28. The van der Waals surface area contributed by atoms with Crippen molar-refractivity contribution in [2.24, 2.45) is 0 Å². The van der Waals surface area contributed by atoms with Crippen LogP contribution in [0.3, 0.4) is 0 Å². The van der Waals surface area contributed by atoms with E-state index in [4.69, 9.17) is 0 Å². The van der Waals surface area contributed by atoms with Crippen molar-refractivity contribution in [1.82, 2.24) is 14.9 Å². The average Bonchev–Trinajstić information content (AvgIpc) is 2.53. The van der Waals surface area contributed by atoms with Gasteiger partial charge in [-0.15, -0.1) is 0 Å². The lowest BCUT2D eigenvalue weighted by molar-refractivity contribution is 0.114. The number of anilines is 1. The Morgan fingerprint density at radius 1 is 1.25 bits per heavy atom. The van der Waals surface area contributed by atoms with E-state index in [2.05, 4.69) is 19.8 Å². The van der Waals surface area contributed by atoms with Crippen molar-refractivity contribution in [2.75, 3.05) is 31.1 Å². The molecule has 24 heavy (non-hydrogen) atoms. The van der Waals surface area contributed by atoms with E-state index in [1.54, 1.807) is 19.1 Å². The highest BCUT2D eigenvalue weighted by Gasteiger charge is 2.27. The summed E-state index contributed by atoms with van der Waals surface area (Å²) >= 11 is 0. The molecule has 1 saturated heterocycles. The molecule has 5 nitrogen and oxygen atoms in total. The Hall–Kier alpha value is -1.86. The van der Waals surface area contributed by atoms with Crippen LogP contribution in [0.5, 0.6) is 0 Å². The Kier molecular flexibility index (Phi) is 4.91. The zero-order valence-corrected chi connectivity index (χ0v) is 13.9. The van der Waals surface area contributed by atoms with Gasteiger partial charge in [-0.3, -0.25) is 4.90 Å². The smallest absolute Gasteiger partial charge is 0.297 e. The zero-order chi connectivity index (χ0) is 17.3. The van der Waals surface area contributed by atoms with E-state index in [1.807, 2.05) is 19.1 Å². The largest absolute Gasteiger partial charge is 0.392 e. The number of aliphatic hydroxyl groups excluding tert-OH is 1. The number of fused-ring (bicyclic) bond motifs is 1. The first-order chi connectivity index (χ1) is 11.5. The molecular formula is C17H22F2N4O. The molecule has 2 atom stereocenters. The number of nitrogens with zero attached hydrogens (tertiary/aromatic N) is 4. The second kappa shape index (κ2) is 6.94. The molecule has 2 unspecified atom stereocenters. The quantitative estimate of drug-likeness (QED) is 0.929. The number of aromatic nitrogens is 2. The lowest BCUT2D eigenvalue weighted by atomic mass is 10.1. The molecule has 1 fully saturated rings. The van der Waals surface area contributed by atoms with Crippen molar-refractivity contribution in [3.8, 4) is 0 Å². The first-order valence-corrected chi connectivity index (χ1v) is 8.17. The third-order valence-corrected chi connectivity index (χ3v) is 4.30. The summed E-state index contributed by atoms with van der Waals surface area (Å²) in [5.74, 6) is 0.141. The summed E-state index contributed by atoms with van der Waals surface area (Å²) < 4.78 is 26.3. The van der Waals surface area contributed by atoms with Crippen molar-refractivity contribution in [1.29, 1.82) is 0 Å². The maximum absolute atomic E-state index is 13.2. The summed E-state index contributed by atoms with van der Waals surface area (Å²) in [4.78, 5) is 12.4. The molecule has 0 aliphatic carbocycles. The van der Waals surface area contributed by atoms with Crippen molar-refractivity contribution in [3.63, 3.8) is 0 Å². The maximum atomic E-state index is 13.2. The molecule has 1 aromatic carbocycles. The molecular weight excluding hydrogens is 314 g/mol. The van der Waals surface area contributed by atoms with E-state index in [-0.39, 0.29) is 12.1 Å². The predicted octanol–water partition coefficient (Wildman–Crippen LogP) is 2.46. The van der Waals surface area contributed by atoms with Gasteiger partial charge in [-0.25, -0.2) is 18.7 Å². The molecule has 0 radical (unpaired) electrons. The number of halogens is 2. The zero-order valence-electron chi connectivity index (χ0n) is 13.9. The highest BCUT2D eigenvalue weighted by Crippen LogP contribution is 2.29. The van der Waals surface area contributed by atoms with Crippen molar-refractivity contribution in [2.45, 2.75) is 32.4 Å². The van der Waals surface area contributed by atoms with Crippen LogP contribution in [0.4, 0.5) is 14.6 Å². The molecule has 7 heteroatoms. The average molecular weight is 336 g/mol. The minimum atomic E-state index is -2.69. The molecule has 130 valence electrons. The van der Waals surface area contributed by atoms with Crippen molar-refractivity contribution in [3.05, 3.63) is 30.1 Å². The molecule has 0 spiro atoms. The lowest BCUT2D eigenvalue weighted by Gasteiger charge is -2.41. The van der Waals surface area contributed by atoms with Crippen LogP contribution in [0, 0.1) is 0 Å². The second-order valence-corrected chi connectivity index (χ2v) is 6.37. The van der Waals surface area contributed by atoms with Crippen LogP contribution in [0.25, 0.3) is 10.9 Å². The Bertz CT molecular complexity index is 710. The maximum Gasteiger partial charge on any atom is 0.297 e. The Labute approximate surface area is 139 Å². The van der Waals surface area contributed by atoms with Gasteiger partial charge in [-0.2, -0.15) is 0 Å². The minimum absolute atomic E-state index is 0.112. The van der Waals surface area contributed by atoms with Gasteiger partial charge in [0.05, 0.1) is 11.6 Å². The number of benzene rings is 1. The number of piperazine rings is 1. The van der Waals surface area contributed by atoms with E-state index in [0.29, 0.717) is 24.4 Å². The summed E-state index contributed by atoms with van der Waals surface area (Å²) in [6.07, 6.45) is -3.07.